The van der Waals surface area contributed by atoms with Gasteiger partial charge in [-0.05, 0) is 18.2 Å². The van der Waals surface area contributed by atoms with Crippen LogP contribution in [0.15, 0.2) is 63.0 Å². The summed E-state index contributed by atoms with van der Waals surface area (Å²) in [5.74, 6) is -1.10. The number of para-hydroxylation sites is 2. The molecule has 0 aliphatic carbocycles. The van der Waals surface area contributed by atoms with E-state index in [4.69, 9.17) is 4.42 Å². The number of hydrazine groups is 1. The lowest BCUT2D eigenvalue weighted by Gasteiger charge is -2.07. The van der Waals surface area contributed by atoms with E-state index in [1.54, 1.807) is 30.3 Å². The summed E-state index contributed by atoms with van der Waals surface area (Å²) in [5.41, 5.74) is 5.53. The maximum Gasteiger partial charge on any atom is 0.290 e. The lowest BCUT2D eigenvalue weighted by atomic mass is 10.1. The second-order valence-corrected chi connectivity index (χ2v) is 6.61. The summed E-state index contributed by atoms with van der Waals surface area (Å²) in [7, 11) is 0. The first-order valence-corrected chi connectivity index (χ1v) is 9.15. The van der Waals surface area contributed by atoms with E-state index in [0.29, 0.717) is 27.1 Å². The number of amides is 2. The van der Waals surface area contributed by atoms with Crippen LogP contribution in [0.25, 0.3) is 21.9 Å². The Morgan fingerprint density at radius 2 is 1.79 bits per heavy atom. The molecule has 0 saturated heterocycles. The molecule has 0 unspecified atom stereocenters. The van der Waals surface area contributed by atoms with Crippen molar-refractivity contribution in [3.05, 3.63) is 64.6 Å². The number of nitrogens with zero attached hydrogens (tertiary/aromatic N) is 2. The number of hydrogen-bond donors (Lipinski definition) is 3. The molecule has 0 aliphatic heterocycles. The van der Waals surface area contributed by atoms with E-state index >= 15 is 0 Å². The molecule has 2 heterocycles. The molecular formula is C18H13N5O4S. The highest BCUT2D eigenvalue weighted by Crippen LogP contribution is 2.22. The Balaban J connectivity index is 1.37. The molecule has 0 atom stereocenters. The van der Waals surface area contributed by atoms with Crippen LogP contribution in [0.4, 0.5) is 0 Å². The van der Waals surface area contributed by atoms with Crippen LogP contribution in [0.3, 0.4) is 0 Å². The Bertz CT molecular complexity index is 1220. The number of thioether (sulfide) groups is 1. The highest BCUT2D eigenvalue weighted by molar-refractivity contribution is 7.99. The molecule has 140 valence electrons. The first kappa shape index (κ1) is 17.7. The predicted octanol–water partition coefficient (Wildman–Crippen LogP) is 1.62. The van der Waals surface area contributed by atoms with Gasteiger partial charge in [0.1, 0.15) is 5.52 Å². The predicted molar refractivity (Wildman–Crippen MR) is 103 cm³/mol. The van der Waals surface area contributed by atoms with Crippen LogP contribution in [0.5, 0.6) is 0 Å². The Morgan fingerprint density at radius 1 is 1.04 bits per heavy atom. The average Bonchev–Trinajstić information content (AvgIpc) is 3.14. The van der Waals surface area contributed by atoms with Crippen LogP contribution >= 0.6 is 11.8 Å². The minimum Gasteiger partial charge on any atom is -0.431 e. The van der Waals surface area contributed by atoms with Crippen molar-refractivity contribution in [2.75, 3.05) is 5.75 Å². The quantitative estimate of drug-likeness (QED) is 0.353. The minimum atomic E-state index is -0.646. The second-order valence-electron chi connectivity index (χ2n) is 5.69. The number of nitrogens with one attached hydrogen (secondary N) is 3. The Hall–Kier alpha value is -3.66. The third kappa shape index (κ3) is 3.58. The van der Waals surface area contributed by atoms with Crippen LogP contribution in [-0.2, 0) is 4.79 Å². The summed E-state index contributed by atoms with van der Waals surface area (Å²) in [4.78, 5) is 40.3. The summed E-state index contributed by atoms with van der Waals surface area (Å²) in [6.45, 7) is 0. The number of rotatable bonds is 4. The van der Waals surface area contributed by atoms with Gasteiger partial charge in [0.05, 0.1) is 11.1 Å². The first-order valence-electron chi connectivity index (χ1n) is 8.17. The van der Waals surface area contributed by atoms with Gasteiger partial charge in [0, 0.05) is 5.39 Å². The summed E-state index contributed by atoms with van der Waals surface area (Å²) >= 11 is 1.10. The fourth-order valence-corrected chi connectivity index (χ4v) is 3.19. The molecular weight excluding hydrogens is 382 g/mol. The third-order valence-corrected chi connectivity index (χ3v) is 4.66. The zero-order valence-electron chi connectivity index (χ0n) is 14.3. The number of H-pyrrole nitrogens is 1. The maximum atomic E-state index is 12.3. The van der Waals surface area contributed by atoms with Crippen LogP contribution in [0.1, 0.15) is 10.5 Å². The van der Waals surface area contributed by atoms with Gasteiger partial charge in [0.15, 0.2) is 11.3 Å². The van der Waals surface area contributed by atoms with Crippen LogP contribution in [0, 0.1) is 0 Å². The van der Waals surface area contributed by atoms with Gasteiger partial charge >= 0.3 is 0 Å². The first-order chi connectivity index (χ1) is 13.6. The standard InChI is InChI=1S/C18H13N5O4S/c24-14(9-28-18-19-12-7-3-4-8-13(12)27-18)20-23-17(26)15-10-5-1-2-6-11(10)16(25)22-21-15/h1-8H,9H2,(H,20,24)(H,22,25)(H,23,26). The van der Waals surface area contributed by atoms with Gasteiger partial charge in [-0.1, -0.05) is 42.1 Å². The van der Waals surface area contributed by atoms with Gasteiger partial charge in [-0.2, -0.15) is 5.10 Å². The number of hydrogen-bond acceptors (Lipinski definition) is 7. The smallest absolute Gasteiger partial charge is 0.290 e. The largest absolute Gasteiger partial charge is 0.431 e. The molecule has 9 nitrogen and oxygen atoms in total. The van der Waals surface area contributed by atoms with E-state index in [9.17, 15) is 14.4 Å². The molecule has 0 spiro atoms. The lowest BCUT2D eigenvalue weighted by Crippen LogP contribution is -2.43. The molecule has 2 aromatic heterocycles. The van der Waals surface area contributed by atoms with Crippen LogP contribution in [0.2, 0.25) is 0 Å². The van der Waals surface area contributed by atoms with Gasteiger partial charge < -0.3 is 4.42 Å². The van der Waals surface area contributed by atoms with Gasteiger partial charge in [0.25, 0.3) is 16.7 Å². The molecule has 10 heteroatoms. The number of carbonyl (C=O) groups excluding carboxylic acids is 2. The Labute approximate surface area is 161 Å². The van der Waals surface area contributed by atoms with Crippen molar-refractivity contribution in [2.45, 2.75) is 5.22 Å². The summed E-state index contributed by atoms with van der Waals surface area (Å²) in [6.07, 6.45) is 0. The van der Waals surface area contributed by atoms with E-state index in [2.05, 4.69) is 26.0 Å². The second kappa shape index (κ2) is 7.53. The van der Waals surface area contributed by atoms with Crippen molar-refractivity contribution in [1.29, 1.82) is 0 Å². The van der Waals surface area contributed by atoms with Crippen molar-refractivity contribution in [3.8, 4) is 0 Å². The van der Waals surface area contributed by atoms with Crippen molar-refractivity contribution in [3.63, 3.8) is 0 Å². The molecule has 2 amide bonds. The number of oxazole rings is 1. The molecule has 0 fully saturated rings. The number of carbonyl (C=O) groups is 2. The molecule has 28 heavy (non-hydrogen) atoms. The van der Waals surface area contributed by atoms with Crippen LogP contribution in [-0.4, -0.2) is 32.7 Å². The van der Waals surface area contributed by atoms with E-state index in [-0.39, 0.29) is 11.4 Å². The fourth-order valence-electron chi connectivity index (χ4n) is 2.55. The van der Waals surface area contributed by atoms with E-state index in [0.717, 1.165) is 11.8 Å². The summed E-state index contributed by atoms with van der Waals surface area (Å²) in [5, 5.41) is 7.12. The van der Waals surface area contributed by atoms with E-state index < -0.39 is 17.4 Å². The molecule has 3 N–H and O–H groups in total. The Kier molecular flexibility index (Phi) is 4.77. The molecule has 4 aromatic rings. The number of aromatic nitrogens is 3. The molecule has 4 rings (SSSR count). The molecule has 0 aliphatic rings. The van der Waals surface area contributed by atoms with Gasteiger partial charge in [-0.3, -0.25) is 25.2 Å². The normalized spacial score (nSPS) is 10.9. The molecule has 0 saturated carbocycles. The highest BCUT2D eigenvalue weighted by Gasteiger charge is 2.15. The molecule has 0 bridgehead atoms. The van der Waals surface area contributed by atoms with Crippen LogP contribution < -0.4 is 16.4 Å². The minimum absolute atomic E-state index is 0.00195. The number of fused-ring (bicyclic) bond motifs is 2. The molecule has 0 radical (unpaired) electrons. The zero-order chi connectivity index (χ0) is 19.5. The number of benzene rings is 2. The summed E-state index contributed by atoms with van der Waals surface area (Å²) in [6, 6.07) is 13.8. The van der Waals surface area contributed by atoms with Crippen molar-refractivity contribution in [1.82, 2.24) is 26.0 Å². The third-order valence-electron chi connectivity index (χ3n) is 3.83. The van der Waals surface area contributed by atoms with E-state index in [1.807, 2.05) is 18.2 Å². The molecule has 2 aromatic carbocycles. The lowest BCUT2D eigenvalue weighted by molar-refractivity contribution is -0.119. The van der Waals surface area contributed by atoms with Crippen molar-refractivity contribution < 1.29 is 14.0 Å². The van der Waals surface area contributed by atoms with Gasteiger partial charge in [-0.15, -0.1) is 0 Å². The Morgan fingerprint density at radius 3 is 2.61 bits per heavy atom. The monoisotopic (exact) mass is 395 g/mol. The maximum absolute atomic E-state index is 12.3. The van der Waals surface area contributed by atoms with Crippen molar-refractivity contribution in [2.24, 2.45) is 0 Å². The average molecular weight is 395 g/mol. The fraction of sp³-hybridized carbons (Fsp3) is 0.0556. The number of aromatic amines is 1. The van der Waals surface area contributed by atoms with Gasteiger partial charge in [-0.25, -0.2) is 10.1 Å². The van der Waals surface area contributed by atoms with Gasteiger partial charge in [0.2, 0.25) is 5.91 Å². The topological polar surface area (TPSA) is 130 Å². The van der Waals surface area contributed by atoms with E-state index in [1.165, 1.54) is 0 Å². The highest BCUT2D eigenvalue weighted by atomic mass is 32.2. The van der Waals surface area contributed by atoms with Crippen molar-refractivity contribution >= 4 is 45.4 Å². The summed E-state index contributed by atoms with van der Waals surface area (Å²) < 4.78 is 5.51. The SMILES string of the molecule is O=C(CSc1nc2ccccc2o1)NNC(=O)c1n[nH]c(=O)c2ccccc12. The zero-order valence-corrected chi connectivity index (χ0v) is 15.1.